The smallest absolute Gasteiger partial charge is 0.244 e. The molecule has 22 heavy (non-hydrogen) atoms. The third kappa shape index (κ3) is 4.37. The molecule has 0 saturated carbocycles. The highest BCUT2D eigenvalue weighted by Crippen LogP contribution is 2.23. The summed E-state index contributed by atoms with van der Waals surface area (Å²) in [5.41, 5.74) is 1.99. The van der Waals surface area contributed by atoms with E-state index >= 15 is 0 Å². The van der Waals surface area contributed by atoms with E-state index in [2.05, 4.69) is 5.32 Å². The van der Waals surface area contributed by atoms with Gasteiger partial charge in [0.05, 0.1) is 19.3 Å². The molecule has 1 aliphatic heterocycles. The van der Waals surface area contributed by atoms with E-state index in [1.807, 2.05) is 50.8 Å². The molecule has 122 valence electrons. The lowest BCUT2D eigenvalue weighted by atomic mass is 10.1. The minimum Gasteiger partial charge on any atom is -0.491 e. The molecular formula is C17H26N2O3. The summed E-state index contributed by atoms with van der Waals surface area (Å²) in [6.45, 7) is 10.5. The molecule has 5 heteroatoms. The first-order valence-corrected chi connectivity index (χ1v) is 7.87. The Labute approximate surface area is 132 Å². The van der Waals surface area contributed by atoms with Gasteiger partial charge in [-0.1, -0.05) is 0 Å². The van der Waals surface area contributed by atoms with Gasteiger partial charge in [0.15, 0.2) is 0 Å². The van der Waals surface area contributed by atoms with Gasteiger partial charge >= 0.3 is 0 Å². The number of carbonyl (C=O) groups is 1. The summed E-state index contributed by atoms with van der Waals surface area (Å²) in [6, 6.07) is 5.66. The largest absolute Gasteiger partial charge is 0.491 e. The second-order valence-electron chi connectivity index (χ2n) is 5.95. The van der Waals surface area contributed by atoms with Crippen LogP contribution in [0.2, 0.25) is 0 Å². The number of rotatable bonds is 5. The predicted molar refractivity (Wildman–Crippen MR) is 87.4 cm³/mol. The molecule has 1 aliphatic rings. The summed E-state index contributed by atoms with van der Waals surface area (Å²) in [5.74, 6) is 0.996. The Hall–Kier alpha value is -1.75. The van der Waals surface area contributed by atoms with E-state index < -0.39 is 0 Å². The molecular weight excluding hydrogens is 280 g/mol. The molecule has 1 aromatic rings. The van der Waals surface area contributed by atoms with E-state index in [-0.39, 0.29) is 18.1 Å². The summed E-state index contributed by atoms with van der Waals surface area (Å²) in [4.78, 5) is 14.2. The third-order valence-electron chi connectivity index (χ3n) is 3.61. The van der Waals surface area contributed by atoms with Crippen molar-refractivity contribution in [3.63, 3.8) is 0 Å². The van der Waals surface area contributed by atoms with Crippen molar-refractivity contribution in [3.8, 4) is 5.75 Å². The molecule has 0 aliphatic carbocycles. The molecule has 1 heterocycles. The van der Waals surface area contributed by atoms with Gasteiger partial charge in [0, 0.05) is 18.8 Å². The number of nitrogens with zero attached hydrogens (tertiary/aromatic N) is 1. The van der Waals surface area contributed by atoms with Crippen molar-refractivity contribution in [2.24, 2.45) is 0 Å². The topological polar surface area (TPSA) is 50.8 Å². The van der Waals surface area contributed by atoms with E-state index in [4.69, 9.17) is 9.47 Å². The van der Waals surface area contributed by atoms with Crippen LogP contribution in [0.5, 0.6) is 5.75 Å². The minimum atomic E-state index is -0.255. The summed E-state index contributed by atoms with van der Waals surface area (Å²) >= 11 is 0. The zero-order valence-electron chi connectivity index (χ0n) is 13.9. The monoisotopic (exact) mass is 306 g/mol. The van der Waals surface area contributed by atoms with Crippen molar-refractivity contribution in [1.82, 2.24) is 4.90 Å². The average Bonchev–Trinajstić information content (AvgIpc) is 2.49. The average molecular weight is 306 g/mol. The first-order chi connectivity index (χ1) is 10.5. The quantitative estimate of drug-likeness (QED) is 0.908. The van der Waals surface area contributed by atoms with Crippen molar-refractivity contribution in [2.45, 2.75) is 39.8 Å². The van der Waals surface area contributed by atoms with Crippen LogP contribution in [-0.2, 0) is 9.53 Å². The van der Waals surface area contributed by atoms with Crippen molar-refractivity contribution in [2.75, 3.05) is 31.6 Å². The number of hydrogen-bond donors (Lipinski definition) is 1. The Bertz CT molecular complexity index is 511. The fourth-order valence-electron chi connectivity index (χ4n) is 2.49. The lowest BCUT2D eigenvalue weighted by Crippen LogP contribution is -2.47. The lowest BCUT2D eigenvalue weighted by molar-refractivity contribution is -0.135. The van der Waals surface area contributed by atoms with Gasteiger partial charge in [0.1, 0.15) is 11.8 Å². The molecule has 1 atom stereocenters. The first-order valence-electron chi connectivity index (χ1n) is 7.87. The van der Waals surface area contributed by atoms with Gasteiger partial charge < -0.3 is 19.7 Å². The Morgan fingerprint density at radius 1 is 1.27 bits per heavy atom. The van der Waals surface area contributed by atoms with Gasteiger partial charge in [0.25, 0.3) is 0 Å². The molecule has 1 N–H and O–H groups in total. The number of anilines is 1. The zero-order valence-corrected chi connectivity index (χ0v) is 13.9. The highest BCUT2D eigenvalue weighted by Gasteiger charge is 2.22. The van der Waals surface area contributed by atoms with Gasteiger partial charge in [-0.05, 0) is 51.5 Å². The Morgan fingerprint density at radius 2 is 1.95 bits per heavy atom. The van der Waals surface area contributed by atoms with Gasteiger partial charge in [-0.15, -0.1) is 0 Å². The van der Waals surface area contributed by atoms with Crippen LogP contribution in [-0.4, -0.2) is 49.3 Å². The van der Waals surface area contributed by atoms with Gasteiger partial charge in [-0.3, -0.25) is 4.79 Å². The minimum absolute atomic E-state index is 0.114. The van der Waals surface area contributed by atoms with Gasteiger partial charge in [0.2, 0.25) is 5.91 Å². The van der Waals surface area contributed by atoms with Crippen molar-refractivity contribution in [3.05, 3.63) is 23.8 Å². The second-order valence-corrected chi connectivity index (χ2v) is 5.95. The molecule has 1 saturated heterocycles. The standard InChI is InChI=1S/C17H26N2O3/c1-12(2)22-16-6-5-15(11-13(16)3)18-14(4)17(20)19-7-9-21-10-8-19/h5-6,11-12,14,18H,7-10H2,1-4H3/t14-/m1/s1. The number of morpholine rings is 1. The number of nitrogens with one attached hydrogen (secondary N) is 1. The van der Waals surface area contributed by atoms with Gasteiger partial charge in [-0.25, -0.2) is 0 Å². The van der Waals surface area contributed by atoms with E-state index in [0.29, 0.717) is 26.3 Å². The maximum Gasteiger partial charge on any atom is 0.244 e. The zero-order chi connectivity index (χ0) is 16.1. The molecule has 2 rings (SSSR count). The molecule has 0 radical (unpaired) electrons. The molecule has 1 aromatic carbocycles. The Balaban J connectivity index is 1.97. The molecule has 0 bridgehead atoms. The maximum atomic E-state index is 12.4. The number of benzene rings is 1. The van der Waals surface area contributed by atoms with Crippen LogP contribution in [0.1, 0.15) is 26.3 Å². The Kier molecular flexibility index (Phi) is 5.66. The van der Waals surface area contributed by atoms with Crippen LogP contribution in [0.4, 0.5) is 5.69 Å². The van der Waals surface area contributed by atoms with Crippen LogP contribution in [0.15, 0.2) is 18.2 Å². The van der Waals surface area contributed by atoms with Crippen molar-refractivity contribution >= 4 is 11.6 Å². The fraction of sp³-hybridized carbons (Fsp3) is 0.588. The van der Waals surface area contributed by atoms with Crippen LogP contribution >= 0.6 is 0 Å². The molecule has 1 fully saturated rings. The Morgan fingerprint density at radius 3 is 2.55 bits per heavy atom. The van der Waals surface area contributed by atoms with E-state index in [0.717, 1.165) is 17.0 Å². The summed E-state index contributed by atoms with van der Waals surface area (Å²) in [5, 5.41) is 3.27. The van der Waals surface area contributed by atoms with Gasteiger partial charge in [-0.2, -0.15) is 0 Å². The summed E-state index contributed by atoms with van der Waals surface area (Å²) in [6.07, 6.45) is 0.152. The first kappa shape index (κ1) is 16.6. The van der Waals surface area contributed by atoms with E-state index in [9.17, 15) is 4.79 Å². The molecule has 1 amide bonds. The van der Waals surface area contributed by atoms with E-state index in [1.165, 1.54) is 0 Å². The van der Waals surface area contributed by atoms with E-state index in [1.54, 1.807) is 0 Å². The highest BCUT2D eigenvalue weighted by molar-refractivity contribution is 5.84. The van der Waals surface area contributed by atoms with Crippen LogP contribution in [0.3, 0.4) is 0 Å². The normalized spacial score (nSPS) is 16.5. The van der Waals surface area contributed by atoms with Crippen LogP contribution in [0, 0.1) is 6.92 Å². The maximum absolute atomic E-state index is 12.4. The highest BCUT2D eigenvalue weighted by atomic mass is 16.5. The van der Waals surface area contributed by atoms with Crippen LogP contribution < -0.4 is 10.1 Å². The number of hydrogen-bond acceptors (Lipinski definition) is 4. The van der Waals surface area contributed by atoms with Crippen molar-refractivity contribution < 1.29 is 14.3 Å². The molecule has 0 aromatic heterocycles. The number of carbonyl (C=O) groups excluding carboxylic acids is 1. The summed E-state index contributed by atoms with van der Waals surface area (Å²) < 4.78 is 11.0. The SMILES string of the molecule is Cc1cc(N[C@H](C)C(=O)N2CCOCC2)ccc1OC(C)C. The summed E-state index contributed by atoms with van der Waals surface area (Å²) in [7, 11) is 0. The molecule has 0 spiro atoms. The lowest BCUT2D eigenvalue weighted by Gasteiger charge is -2.29. The number of ether oxygens (including phenoxy) is 2. The fourth-order valence-corrected chi connectivity index (χ4v) is 2.49. The molecule has 5 nitrogen and oxygen atoms in total. The predicted octanol–water partition coefficient (Wildman–Crippen LogP) is 2.44. The van der Waals surface area contributed by atoms with Crippen molar-refractivity contribution in [1.29, 1.82) is 0 Å². The third-order valence-corrected chi connectivity index (χ3v) is 3.61. The molecule has 0 unspecified atom stereocenters. The number of aryl methyl sites for hydroxylation is 1. The number of amides is 1. The second kappa shape index (κ2) is 7.49. The van der Waals surface area contributed by atoms with Crippen LogP contribution in [0.25, 0.3) is 0 Å².